The van der Waals surface area contributed by atoms with Crippen LogP contribution < -0.4 is 0 Å². The van der Waals surface area contributed by atoms with E-state index >= 15 is 0 Å². The quantitative estimate of drug-likeness (QED) is 0.548. The molecule has 4 heteroatoms. The molecule has 0 atom stereocenters. The van der Waals surface area contributed by atoms with Crippen molar-refractivity contribution in [2.75, 3.05) is 6.67 Å². The third-order valence-corrected chi connectivity index (χ3v) is 6.24. The lowest BCUT2D eigenvalue weighted by molar-refractivity contribution is -0.276. The van der Waals surface area contributed by atoms with Crippen LogP contribution in [0.2, 0.25) is 0 Å². The minimum absolute atomic E-state index is 0.484. The molecular weight excluding hydrogens is 280 g/mol. The number of halogens is 4. The molecule has 0 aromatic heterocycles. The van der Waals surface area contributed by atoms with Gasteiger partial charge in [-0.1, -0.05) is 39.5 Å². The van der Waals surface area contributed by atoms with Crippen LogP contribution in [0.3, 0.4) is 0 Å². The van der Waals surface area contributed by atoms with E-state index in [9.17, 15) is 17.6 Å². The largest absolute Gasteiger partial charge is 0.397 e. The molecule has 2 aliphatic rings. The van der Waals surface area contributed by atoms with E-state index in [0.717, 1.165) is 25.7 Å². The van der Waals surface area contributed by atoms with Gasteiger partial charge in [-0.2, -0.15) is 13.2 Å². The van der Waals surface area contributed by atoms with Crippen molar-refractivity contribution in [1.29, 1.82) is 0 Å². The zero-order valence-electron chi connectivity index (χ0n) is 13.2. The van der Waals surface area contributed by atoms with Crippen LogP contribution >= 0.6 is 0 Å². The summed E-state index contributed by atoms with van der Waals surface area (Å²) in [5, 5.41) is 0. The van der Waals surface area contributed by atoms with Crippen LogP contribution in [-0.4, -0.2) is 12.9 Å². The summed E-state index contributed by atoms with van der Waals surface area (Å²) in [7, 11) is 0. The molecule has 0 bridgehead atoms. The molecule has 0 amide bonds. The molecule has 0 N–H and O–H groups in total. The van der Waals surface area contributed by atoms with Crippen molar-refractivity contribution in [3.63, 3.8) is 0 Å². The van der Waals surface area contributed by atoms with Gasteiger partial charge in [-0.25, -0.2) is 0 Å². The maximum Gasteiger partial charge on any atom is 0.397 e. The molecule has 2 rings (SSSR count). The molecule has 0 unspecified atom stereocenters. The van der Waals surface area contributed by atoms with Crippen LogP contribution in [0.5, 0.6) is 0 Å². The highest BCUT2D eigenvalue weighted by molar-refractivity contribution is 5.00. The second-order valence-corrected chi connectivity index (χ2v) is 7.59. The lowest BCUT2D eigenvalue weighted by Gasteiger charge is -2.49. The van der Waals surface area contributed by atoms with Crippen molar-refractivity contribution in [3.8, 4) is 0 Å². The lowest BCUT2D eigenvalue weighted by atomic mass is 9.57. The highest BCUT2D eigenvalue weighted by Gasteiger charge is 2.63. The first kappa shape index (κ1) is 17.1. The van der Waals surface area contributed by atoms with Gasteiger partial charge in [-0.3, -0.25) is 4.39 Å². The fourth-order valence-electron chi connectivity index (χ4n) is 4.64. The first-order valence-electron chi connectivity index (χ1n) is 8.44. The summed E-state index contributed by atoms with van der Waals surface area (Å²) in [6, 6.07) is 0. The normalized spacial score (nSPS) is 38.0. The van der Waals surface area contributed by atoms with Gasteiger partial charge in [0.1, 0.15) is 6.67 Å². The Morgan fingerprint density at radius 2 is 1.05 bits per heavy atom. The number of rotatable bonds is 3. The molecule has 0 aromatic rings. The van der Waals surface area contributed by atoms with E-state index < -0.39 is 30.1 Å². The molecule has 0 heterocycles. The Bertz CT molecular complexity index is 298. The Labute approximate surface area is 125 Å². The topological polar surface area (TPSA) is 0 Å². The Balaban J connectivity index is 2.25. The molecule has 124 valence electrons. The van der Waals surface area contributed by atoms with E-state index in [1.165, 1.54) is 0 Å². The van der Waals surface area contributed by atoms with Crippen molar-refractivity contribution in [1.82, 2.24) is 0 Å². The predicted octanol–water partition coefficient (Wildman–Crippen LogP) is 6.16. The molecule has 2 saturated carbocycles. The van der Waals surface area contributed by atoms with Crippen LogP contribution in [0.4, 0.5) is 17.6 Å². The van der Waals surface area contributed by atoms with Crippen LogP contribution in [-0.2, 0) is 0 Å². The van der Waals surface area contributed by atoms with Gasteiger partial charge in [0.15, 0.2) is 0 Å². The van der Waals surface area contributed by atoms with Crippen molar-refractivity contribution in [2.24, 2.45) is 29.1 Å². The SMILES string of the molecule is CC1CCC(C(CF)(C2CCC(C)CC2)C(F)(F)F)CC1. The fourth-order valence-corrected chi connectivity index (χ4v) is 4.64. The second kappa shape index (κ2) is 6.45. The minimum Gasteiger partial charge on any atom is -0.250 e. The average Bonchev–Trinajstić information content (AvgIpc) is 2.42. The van der Waals surface area contributed by atoms with Gasteiger partial charge in [0.05, 0.1) is 5.41 Å². The highest BCUT2D eigenvalue weighted by atomic mass is 19.4. The Hall–Kier alpha value is -0.280. The average molecular weight is 308 g/mol. The Morgan fingerprint density at radius 1 is 0.714 bits per heavy atom. The summed E-state index contributed by atoms with van der Waals surface area (Å²) in [5.41, 5.74) is -2.08. The summed E-state index contributed by atoms with van der Waals surface area (Å²) in [6.45, 7) is 2.95. The molecule has 0 aromatic carbocycles. The fraction of sp³-hybridized carbons (Fsp3) is 1.00. The van der Waals surface area contributed by atoms with Gasteiger partial charge in [0.25, 0.3) is 0 Å². The molecule has 0 spiro atoms. The molecule has 2 aliphatic carbocycles. The maximum absolute atomic E-state index is 13.9. The van der Waals surface area contributed by atoms with Gasteiger partial charge in [0.2, 0.25) is 0 Å². The van der Waals surface area contributed by atoms with Gasteiger partial charge in [-0.15, -0.1) is 0 Å². The van der Waals surface area contributed by atoms with E-state index in [4.69, 9.17) is 0 Å². The number of hydrogen-bond donors (Lipinski definition) is 0. The Morgan fingerprint density at radius 3 is 1.29 bits per heavy atom. The summed E-state index contributed by atoms with van der Waals surface area (Å²) in [6.07, 6.45) is 0.979. The van der Waals surface area contributed by atoms with Gasteiger partial charge in [0, 0.05) is 0 Å². The summed E-state index contributed by atoms with van der Waals surface area (Å²) < 4.78 is 55.5. The number of alkyl halides is 4. The van der Waals surface area contributed by atoms with Crippen LogP contribution in [0.1, 0.15) is 65.2 Å². The Kier molecular flexibility index (Phi) is 5.25. The summed E-state index contributed by atoms with van der Waals surface area (Å²) in [4.78, 5) is 0. The van der Waals surface area contributed by atoms with Crippen molar-refractivity contribution in [3.05, 3.63) is 0 Å². The zero-order chi connectivity index (χ0) is 15.7. The van der Waals surface area contributed by atoms with Gasteiger partial charge >= 0.3 is 6.18 Å². The first-order chi connectivity index (χ1) is 9.81. The molecular formula is C17H28F4. The minimum atomic E-state index is -4.42. The van der Waals surface area contributed by atoms with Crippen LogP contribution in [0.25, 0.3) is 0 Å². The molecule has 21 heavy (non-hydrogen) atoms. The third-order valence-electron chi connectivity index (χ3n) is 6.24. The third kappa shape index (κ3) is 3.24. The van der Waals surface area contributed by atoms with Crippen LogP contribution in [0, 0.1) is 29.1 Å². The molecule has 0 nitrogen and oxygen atoms in total. The lowest BCUT2D eigenvalue weighted by Crippen LogP contribution is -2.53. The van der Waals surface area contributed by atoms with E-state index in [0.29, 0.717) is 37.5 Å². The monoisotopic (exact) mass is 308 g/mol. The smallest absolute Gasteiger partial charge is 0.250 e. The van der Waals surface area contributed by atoms with E-state index in [1.54, 1.807) is 0 Å². The van der Waals surface area contributed by atoms with Crippen LogP contribution in [0.15, 0.2) is 0 Å². The van der Waals surface area contributed by atoms with Crippen molar-refractivity contribution >= 4 is 0 Å². The highest BCUT2D eigenvalue weighted by Crippen LogP contribution is 2.58. The van der Waals surface area contributed by atoms with E-state index in [2.05, 4.69) is 13.8 Å². The van der Waals surface area contributed by atoms with Gasteiger partial charge < -0.3 is 0 Å². The second-order valence-electron chi connectivity index (χ2n) is 7.59. The molecule has 0 saturated heterocycles. The maximum atomic E-state index is 13.9. The molecule has 2 fully saturated rings. The first-order valence-corrected chi connectivity index (χ1v) is 8.44. The van der Waals surface area contributed by atoms with E-state index in [1.807, 2.05) is 0 Å². The molecule has 0 radical (unpaired) electrons. The van der Waals surface area contributed by atoms with Crippen molar-refractivity contribution < 1.29 is 17.6 Å². The zero-order valence-corrected chi connectivity index (χ0v) is 13.2. The van der Waals surface area contributed by atoms with Gasteiger partial charge in [-0.05, 0) is 49.4 Å². The molecule has 0 aliphatic heterocycles. The summed E-state index contributed by atoms with van der Waals surface area (Å²) in [5.74, 6) is -0.0643. The summed E-state index contributed by atoms with van der Waals surface area (Å²) >= 11 is 0. The van der Waals surface area contributed by atoms with Crippen molar-refractivity contribution in [2.45, 2.75) is 71.4 Å². The predicted molar refractivity (Wildman–Crippen MR) is 76.7 cm³/mol. The standard InChI is InChI=1S/C17H28F4/c1-12-3-7-14(8-4-12)16(11-18,17(19,20)21)15-9-5-13(2)6-10-15/h12-15H,3-11H2,1-2H3. The van der Waals surface area contributed by atoms with E-state index in [-0.39, 0.29) is 0 Å². The number of hydrogen-bond acceptors (Lipinski definition) is 0.